The van der Waals surface area contributed by atoms with Gasteiger partial charge in [0.15, 0.2) is 0 Å². The van der Waals surface area contributed by atoms with Gasteiger partial charge in [0.2, 0.25) is 0 Å². The maximum absolute atomic E-state index is 11.8. The summed E-state index contributed by atoms with van der Waals surface area (Å²) < 4.78 is 1.34. The zero-order valence-electron chi connectivity index (χ0n) is 10.1. The third kappa shape index (κ3) is 2.27. The fourth-order valence-electron chi connectivity index (χ4n) is 2.24. The molecule has 2 aromatic heterocycles. The van der Waals surface area contributed by atoms with Gasteiger partial charge in [0.05, 0.1) is 5.69 Å². The van der Waals surface area contributed by atoms with E-state index in [0.717, 1.165) is 38.3 Å². The van der Waals surface area contributed by atoms with E-state index >= 15 is 0 Å². The van der Waals surface area contributed by atoms with Crippen LogP contribution >= 0.6 is 0 Å². The summed E-state index contributed by atoms with van der Waals surface area (Å²) in [5.41, 5.74) is 0.675. The van der Waals surface area contributed by atoms with Crippen LogP contribution in [0.5, 0.6) is 0 Å². The molecule has 0 amide bonds. The van der Waals surface area contributed by atoms with Crippen LogP contribution < -0.4 is 10.9 Å². The molecule has 2 aromatic rings. The Morgan fingerprint density at radius 2 is 2.28 bits per heavy atom. The minimum atomic E-state index is -0.111. The van der Waals surface area contributed by atoms with Gasteiger partial charge in [0.1, 0.15) is 6.33 Å². The first-order valence-corrected chi connectivity index (χ1v) is 6.18. The molecule has 0 saturated carbocycles. The SMILES string of the molecule is O=c1cc(CN2CCCNCC2)nc2nc[nH]n12. The molecule has 1 aliphatic heterocycles. The summed E-state index contributed by atoms with van der Waals surface area (Å²) in [6, 6.07) is 1.57. The van der Waals surface area contributed by atoms with Crippen LogP contribution in [0.25, 0.3) is 5.78 Å². The largest absolute Gasteiger partial charge is 0.315 e. The molecule has 1 fully saturated rings. The summed E-state index contributed by atoms with van der Waals surface area (Å²) in [6.45, 7) is 4.78. The molecule has 0 aromatic carbocycles. The van der Waals surface area contributed by atoms with Crippen molar-refractivity contribution in [3.05, 3.63) is 28.4 Å². The fraction of sp³-hybridized carbons (Fsp3) is 0.545. The molecule has 2 N–H and O–H groups in total. The molecule has 7 heteroatoms. The zero-order valence-corrected chi connectivity index (χ0v) is 10.1. The van der Waals surface area contributed by atoms with E-state index in [0.29, 0.717) is 12.3 Å². The molecule has 7 nitrogen and oxygen atoms in total. The van der Waals surface area contributed by atoms with E-state index in [1.165, 1.54) is 10.8 Å². The first-order valence-electron chi connectivity index (χ1n) is 6.18. The summed E-state index contributed by atoms with van der Waals surface area (Å²) >= 11 is 0. The van der Waals surface area contributed by atoms with E-state index in [2.05, 4.69) is 25.3 Å². The number of aromatic amines is 1. The van der Waals surface area contributed by atoms with Gasteiger partial charge in [-0.2, -0.15) is 4.52 Å². The second-order valence-corrected chi connectivity index (χ2v) is 4.49. The Morgan fingerprint density at radius 1 is 1.33 bits per heavy atom. The zero-order chi connectivity index (χ0) is 12.4. The number of nitrogens with one attached hydrogen (secondary N) is 2. The van der Waals surface area contributed by atoms with Gasteiger partial charge in [0.25, 0.3) is 11.3 Å². The maximum Gasteiger partial charge on any atom is 0.274 e. The lowest BCUT2D eigenvalue weighted by atomic mass is 10.3. The molecule has 0 bridgehead atoms. The maximum atomic E-state index is 11.8. The van der Waals surface area contributed by atoms with Crippen LogP contribution in [0.4, 0.5) is 0 Å². The molecule has 3 rings (SSSR count). The van der Waals surface area contributed by atoms with Crippen LogP contribution in [0.3, 0.4) is 0 Å². The van der Waals surface area contributed by atoms with Crippen LogP contribution in [-0.2, 0) is 6.54 Å². The lowest BCUT2D eigenvalue weighted by Gasteiger charge is -2.18. The highest BCUT2D eigenvalue weighted by atomic mass is 16.1. The van der Waals surface area contributed by atoms with Crippen LogP contribution in [0, 0.1) is 0 Å². The van der Waals surface area contributed by atoms with Gasteiger partial charge in [-0.3, -0.25) is 14.8 Å². The van der Waals surface area contributed by atoms with Crippen molar-refractivity contribution in [2.45, 2.75) is 13.0 Å². The summed E-state index contributed by atoms with van der Waals surface area (Å²) in [7, 11) is 0. The molecule has 0 unspecified atom stereocenters. The second-order valence-electron chi connectivity index (χ2n) is 4.49. The van der Waals surface area contributed by atoms with Gasteiger partial charge in [-0.15, -0.1) is 0 Å². The molecule has 0 atom stereocenters. The van der Waals surface area contributed by atoms with Crippen molar-refractivity contribution in [3.63, 3.8) is 0 Å². The van der Waals surface area contributed by atoms with Crippen molar-refractivity contribution in [3.8, 4) is 0 Å². The smallest absolute Gasteiger partial charge is 0.274 e. The van der Waals surface area contributed by atoms with Crippen molar-refractivity contribution < 1.29 is 0 Å². The first kappa shape index (κ1) is 11.4. The van der Waals surface area contributed by atoms with Crippen LogP contribution in [0.2, 0.25) is 0 Å². The second kappa shape index (κ2) is 4.87. The molecule has 1 saturated heterocycles. The summed E-state index contributed by atoms with van der Waals surface area (Å²) in [4.78, 5) is 22.5. The quantitative estimate of drug-likeness (QED) is 0.728. The topological polar surface area (TPSA) is 78.3 Å². The van der Waals surface area contributed by atoms with Gasteiger partial charge < -0.3 is 5.32 Å². The van der Waals surface area contributed by atoms with E-state index in [9.17, 15) is 4.79 Å². The lowest BCUT2D eigenvalue weighted by molar-refractivity contribution is 0.281. The van der Waals surface area contributed by atoms with Gasteiger partial charge in [0, 0.05) is 25.7 Å². The minimum absolute atomic E-state index is 0.111. The van der Waals surface area contributed by atoms with Crippen molar-refractivity contribution >= 4 is 5.78 Å². The number of rotatable bonds is 2. The predicted molar refractivity (Wildman–Crippen MR) is 66.4 cm³/mol. The monoisotopic (exact) mass is 248 g/mol. The Labute approximate surface area is 104 Å². The average Bonchev–Trinajstić information content (AvgIpc) is 2.68. The molecular weight excluding hydrogens is 232 g/mol. The number of hydrogen-bond donors (Lipinski definition) is 2. The van der Waals surface area contributed by atoms with Gasteiger partial charge in [-0.05, 0) is 19.5 Å². The molecule has 1 aliphatic rings. The molecule has 0 radical (unpaired) electrons. The highest BCUT2D eigenvalue weighted by Crippen LogP contribution is 2.03. The number of fused-ring (bicyclic) bond motifs is 1. The van der Waals surface area contributed by atoms with Crippen LogP contribution in [-0.4, -0.2) is 50.7 Å². The molecule has 3 heterocycles. The van der Waals surface area contributed by atoms with Crippen molar-refractivity contribution in [1.82, 2.24) is 29.8 Å². The van der Waals surface area contributed by atoms with E-state index in [-0.39, 0.29) is 5.56 Å². The number of nitrogens with zero attached hydrogens (tertiary/aromatic N) is 4. The summed E-state index contributed by atoms with van der Waals surface area (Å²) in [6.07, 6.45) is 2.60. The highest BCUT2D eigenvalue weighted by Gasteiger charge is 2.11. The van der Waals surface area contributed by atoms with Crippen molar-refractivity contribution in [1.29, 1.82) is 0 Å². The minimum Gasteiger partial charge on any atom is -0.315 e. The molecule has 96 valence electrons. The predicted octanol–water partition coefficient (Wildman–Crippen LogP) is -0.787. The number of H-pyrrole nitrogens is 1. The van der Waals surface area contributed by atoms with E-state index in [1.54, 1.807) is 6.07 Å². The Balaban J connectivity index is 1.83. The normalized spacial score (nSPS) is 18.0. The number of hydrogen-bond acceptors (Lipinski definition) is 5. The van der Waals surface area contributed by atoms with Crippen LogP contribution in [0.15, 0.2) is 17.2 Å². The van der Waals surface area contributed by atoms with Gasteiger partial charge >= 0.3 is 0 Å². The van der Waals surface area contributed by atoms with Gasteiger partial charge in [-0.1, -0.05) is 0 Å². The molecular formula is C11H16N6O. The van der Waals surface area contributed by atoms with Crippen LogP contribution in [0.1, 0.15) is 12.1 Å². The Morgan fingerprint density at radius 3 is 3.22 bits per heavy atom. The van der Waals surface area contributed by atoms with Crippen molar-refractivity contribution in [2.75, 3.05) is 26.2 Å². The summed E-state index contributed by atoms with van der Waals surface area (Å²) in [5, 5.41) is 6.09. The first-order chi connectivity index (χ1) is 8.83. The Hall–Kier alpha value is -1.73. The highest BCUT2D eigenvalue weighted by molar-refractivity contribution is 5.25. The van der Waals surface area contributed by atoms with Crippen molar-refractivity contribution in [2.24, 2.45) is 0 Å². The number of aromatic nitrogens is 4. The molecule has 0 spiro atoms. The Bertz CT molecular complexity index is 580. The molecule has 0 aliphatic carbocycles. The van der Waals surface area contributed by atoms with Gasteiger partial charge in [-0.25, -0.2) is 9.97 Å². The average molecular weight is 248 g/mol. The third-order valence-corrected chi connectivity index (χ3v) is 3.14. The fourth-order valence-corrected chi connectivity index (χ4v) is 2.24. The van der Waals surface area contributed by atoms with E-state index in [1.807, 2.05) is 0 Å². The molecule has 18 heavy (non-hydrogen) atoms. The summed E-state index contributed by atoms with van der Waals surface area (Å²) in [5.74, 6) is 0.436. The van der Waals surface area contributed by atoms with E-state index < -0.39 is 0 Å². The standard InChI is InChI=1S/C11H16N6O/c18-10-6-9(15-11-13-8-14-17(10)11)7-16-4-1-2-12-3-5-16/h6,8,12H,1-5,7H2,(H,13,14,15). The Kier molecular flexibility index (Phi) is 3.07. The third-order valence-electron chi connectivity index (χ3n) is 3.14. The lowest BCUT2D eigenvalue weighted by Crippen LogP contribution is -2.29. The van der Waals surface area contributed by atoms with E-state index in [4.69, 9.17) is 0 Å².